The van der Waals surface area contributed by atoms with E-state index in [-0.39, 0.29) is 23.7 Å². The molecule has 0 radical (unpaired) electrons. The predicted molar refractivity (Wildman–Crippen MR) is 154 cm³/mol. The van der Waals surface area contributed by atoms with E-state index in [9.17, 15) is 22.8 Å². The maximum absolute atomic E-state index is 12.5. The Morgan fingerprint density at radius 2 is 1.81 bits per heavy atom. The van der Waals surface area contributed by atoms with E-state index in [4.69, 9.17) is 11.0 Å². The molecule has 3 heterocycles. The number of amides is 2. The van der Waals surface area contributed by atoms with Gasteiger partial charge in [0.25, 0.3) is 5.91 Å². The molecule has 0 spiro atoms. The third-order valence-corrected chi connectivity index (χ3v) is 7.10. The molecule has 10 nitrogen and oxygen atoms in total. The molecule has 4 N–H and O–H groups in total. The zero-order valence-corrected chi connectivity index (χ0v) is 23.6. The van der Waals surface area contributed by atoms with Crippen molar-refractivity contribution < 1.29 is 22.8 Å². The number of nitrogens with two attached hydrogens (primary N) is 1. The Hall–Kier alpha value is -4.99. The summed E-state index contributed by atoms with van der Waals surface area (Å²) < 4.78 is 39.4. The Balaban J connectivity index is 0.000000203. The topological polar surface area (TPSA) is 151 Å². The Labute approximate surface area is 246 Å². The first-order valence-electron chi connectivity index (χ1n) is 13.6. The van der Waals surface area contributed by atoms with Crippen LogP contribution in [0.2, 0.25) is 0 Å². The van der Waals surface area contributed by atoms with Crippen LogP contribution in [0, 0.1) is 16.7 Å². The van der Waals surface area contributed by atoms with E-state index in [1.54, 1.807) is 56.6 Å². The number of aromatic nitrogens is 4. The van der Waals surface area contributed by atoms with E-state index in [2.05, 4.69) is 31.7 Å². The van der Waals surface area contributed by atoms with Gasteiger partial charge in [-0.1, -0.05) is 24.6 Å². The first-order chi connectivity index (χ1) is 20.4. The Morgan fingerprint density at radius 1 is 1.07 bits per heavy atom. The first kappa shape index (κ1) is 31.0. The molecular formula is C30H31F3N8O2. The smallest absolute Gasteiger partial charge is 0.382 e. The van der Waals surface area contributed by atoms with Gasteiger partial charge in [0.1, 0.15) is 28.4 Å². The largest absolute Gasteiger partial charge is 0.416 e. The number of carbonyl (C=O) groups is 2. The van der Waals surface area contributed by atoms with Crippen LogP contribution in [0.4, 0.5) is 24.8 Å². The third-order valence-electron chi connectivity index (χ3n) is 7.10. The molecule has 13 heteroatoms. The summed E-state index contributed by atoms with van der Waals surface area (Å²) in [6.07, 6.45) is 5.61. The van der Waals surface area contributed by atoms with Crippen molar-refractivity contribution in [3.8, 4) is 6.07 Å². The van der Waals surface area contributed by atoms with Crippen molar-refractivity contribution >= 4 is 29.0 Å². The number of carbonyl (C=O) groups excluding carboxylic acids is 2. The van der Waals surface area contributed by atoms with Gasteiger partial charge in [-0.15, -0.1) is 0 Å². The molecule has 2 atom stereocenters. The second kappa shape index (κ2) is 12.9. The molecule has 1 fully saturated rings. The van der Waals surface area contributed by atoms with Crippen LogP contribution < -0.4 is 16.4 Å². The van der Waals surface area contributed by atoms with Gasteiger partial charge in [0.2, 0.25) is 5.91 Å². The minimum absolute atomic E-state index is 0.0652. The lowest BCUT2D eigenvalue weighted by Crippen LogP contribution is -2.44. The number of imidazole rings is 1. The summed E-state index contributed by atoms with van der Waals surface area (Å²) in [5.74, 6) is 0.817. The van der Waals surface area contributed by atoms with Crippen molar-refractivity contribution in [3.05, 3.63) is 84.2 Å². The number of nitrogen functional groups attached to an aromatic ring is 1. The Bertz CT molecular complexity index is 1630. The SMILES string of the molecule is CC(C)(C#N)C(=O)N[C@H]1CCC[C@H](c2ncc3c(N)nccn23)C1.O=C(Nc1cc(C(F)(F)F)ccn1)c1ccccc1. The van der Waals surface area contributed by atoms with Crippen LogP contribution in [0.25, 0.3) is 5.52 Å². The highest BCUT2D eigenvalue weighted by Gasteiger charge is 2.33. The number of alkyl halides is 3. The lowest BCUT2D eigenvalue weighted by molar-refractivity contribution is -0.137. The standard InChI is InChI=1S/C17H22N6O.C13H9F3N2O/c1-17(2,10-18)16(24)22-12-5-3-4-11(8-12)15-21-9-13-14(19)20-6-7-23(13)15;14-13(15,16)10-6-7-17-11(8-10)18-12(19)9-4-2-1-3-5-9/h6-7,9,11-12H,3-5,8H2,1-2H3,(H2,19,20)(H,22,24);1-8H,(H,17,18,19)/t11-,12-;/m0./s1. The number of rotatable bonds is 5. The molecular weight excluding hydrogens is 561 g/mol. The highest BCUT2D eigenvalue weighted by atomic mass is 19.4. The Morgan fingerprint density at radius 3 is 2.51 bits per heavy atom. The zero-order valence-electron chi connectivity index (χ0n) is 23.6. The van der Waals surface area contributed by atoms with E-state index in [1.807, 2.05) is 10.6 Å². The van der Waals surface area contributed by atoms with Crippen molar-refractivity contribution in [3.63, 3.8) is 0 Å². The van der Waals surface area contributed by atoms with Crippen molar-refractivity contribution in [1.29, 1.82) is 5.26 Å². The first-order valence-corrected chi connectivity index (χ1v) is 13.6. The van der Waals surface area contributed by atoms with Gasteiger partial charge in [0.15, 0.2) is 0 Å². The molecule has 2 amide bonds. The van der Waals surface area contributed by atoms with Crippen molar-refractivity contribution in [2.75, 3.05) is 11.1 Å². The summed E-state index contributed by atoms with van der Waals surface area (Å²) in [5.41, 5.74) is 5.19. The number of hydrogen-bond donors (Lipinski definition) is 3. The van der Waals surface area contributed by atoms with Gasteiger partial charge in [-0.3, -0.25) is 14.0 Å². The minimum atomic E-state index is -4.46. The van der Waals surface area contributed by atoms with E-state index < -0.39 is 23.1 Å². The average Bonchev–Trinajstić information content (AvgIpc) is 3.43. The van der Waals surface area contributed by atoms with E-state index in [1.165, 1.54) is 0 Å². The molecule has 0 aliphatic heterocycles. The van der Waals surface area contributed by atoms with Crippen LogP contribution >= 0.6 is 0 Å². The molecule has 1 aromatic carbocycles. The number of pyridine rings is 1. The molecule has 5 rings (SSSR count). The summed E-state index contributed by atoms with van der Waals surface area (Å²) in [7, 11) is 0. The van der Waals surface area contributed by atoms with Gasteiger partial charge in [-0.2, -0.15) is 18.4 Å². The summed E-state index contributed by atoms with van der Waals surface area (Å²) in [6.45, 7) is 3.28. The highest BCUT2D eigenvalue weighted by molar-refractivity contribution is 6.03. The number of hydrogen-bond acceptors (Lipinski definition) is 7. The van der Waals surface area contributed by atoms with E-state index >= 15 is 0 Å². The molecule has 0 unspecified atom stereocenters. The van der Waals surface area contributed by atoms with Crippen LogP contribution in [-0.2, 0) is 11.0 Å². The summed E-state index contributed by atoms with van der Waals surface area (Å²) in [5, 5.41) is 14.4. The van der Waals surface area contributed by atoms with Crippen LogP contribution in [0.15, 0.2) is 67.3 Å². The second-order valence-corrected chi connectivity index (χ2v) is 10.7. The lowest BCUT2D eigenvalue weighted by atomic mass is 9.84. The fraction of sp³-hybridized carbons (Fsp3) is 0.333. The molecule has 0 saturated heterocycles. The van der Waals surface area contributed by atoms with E-state index in [0.29, 0.717) is 11.4 Å². The van der Waals surface area contributed by atoms with Gasteiger partial charge in [0, 0.05) is 36.1 Å². The number of fused-ring (bicyclic) bond motifs is 1. The van der Waals surface area contributed by atoms with Crippen LogP contribution in [0.5, 0.6) is 0 Å². The molecule has 0 bridgehead atoms. The number of anilines is 2. The van der Waals surface area contributed by atoms with Crippen LogP contribution in [0.1, 0.15) is 67.2 Å². The molecule has 1 aliphatic carbocycles. The maximum Gasteiger partial charge on any atom is 0.416 e. The molecule has 4 aromatic rings. The molecule has 3 aromatic heterocycles. The van der Waals surface area contributed by atoms with Gasteiger partial charge in [-0.25, -0.2) is 15.0 Å². The number of benzene rings is 1. The van der Waals surface area contributed by atoms with Crippen molar-refractivity contribution in [2.24, 2.45) is 5.41 Å². The lowest BCUT2D eigenvalue weighted by Gasteiger charge is -2.30. The summed E-state index contributed by atoms with van der Waals surface area (Å²) in [6, 6.07) is 11.9. The maximum atomic E-state index is 12.5. The average molecular weight is 593 g/mol. The summed E-state index contributed by atoms with van der Waals surface area (Å²) in [4.78, 5) is 36.3. The van der Waals surface area contributed by atoms with Gasteiger partial charge in [0.05, 0.1) is 17.8 Å². The van der Waals surface area contributed by atoms with Crippen LogP contribution in [-0.4, -0.2) is 37.2 Å². The fourth-order valence-electron chi connectivity index (χ4n) is 4.70. The Kier molecular flexibility index (Phi) is 9.28. The fourth-order valence-corrected chi connectivity index (χ4v) is 4.70. The van der Waals surface area contributed by atoms with Crippen LogP contribution in [0.3, 0.4) is 0 Å². The summed E-state index contributed by atoms with van der Waals surface area (Å²) >= 11 is 0. The molecule has 43 heavy (non-hydrogen) atoms. The normalized spacial score (nSPS) is 16.8. The number of nitriles is 1. The van der Waals surface area contributed by atoms with Crippen molar-refractivity contribution in [2.45, 2.75) is 57.7 Å². The predicted octanol–water partition coefficient (Wildman–Crippen LogP) is 5.36. The third kappa shape index (κ3) is 7.65. The number of nitrogens with one attached hydrogen (secondary N) is 2. The van der Waals surface area contributed by atoms with Gasteiger partial charge >= 0.3 is 6.18 Å². The second-order valence-electron chi connectivity index (χ2n) is 10.7. The quantitative estimate of drug-likeness (QED) is 0.282. The van der Waals surface area contributed by atoms with Crippen molar-refractivity contribution in [1.82, 2.24) is 24.7 Å². The van der Waals surface area contributed by atoms with E-state index in [0.717, 1.165) is 55.4 Å². The number of nitrogens with zero attached hydrogens (tertiary/aromatic N) is 5. The van der Waals surface area contributed by atoms with Gasteiger partial charge in [-0.05, 0) is 57.4 Å². The zero-order chi connectivity index (χ0) is 31.2. The molecule has 1 saturated carbocycles. The number of halogens is 3. The minimum Gasteiger partial charge on any atom is -0.382 e. The monoisotopic (exact) mass is 592 g/mol. The van der Waals surface area contributed by atoms with Gasteiger partial charge < -0.3 is 16.4 Å². The highest BCUT2D eigenvalue weighted by Crippen LogP contribution is 2.33. The molecule has 224 valence electrons. The molecule has 1 aliphatic rings.